The minimum Gasteiger partial charge on any atom is -0.310 e. The van der Waals surface area contributed by atoms with Crippen LogP contribution in [0.2, 0.25) is 0 Å². The van der Waals surface area contributed by atoms with Crippen molar-refractivity contribution in [1.29, 1.82) is 0 Å². The topological polar surface area (TPSA) is 15.3 Å². The molecule has 1 heterocycles. The first-order chi connectivity index (χ1) is 5.59. The van der Waals surface area contributed by atoms with E-state index in [2.05, 4.69) is 37.9 Å². The molecule has 2 nitrogen and oxygen atoms in total. The molecular formula is C10H24N2. The molecule has 0 amide bonds. The fourth-order valence-corrected chi connectivity index (χ4v) is 1.86. The van der Waals surface area contributed by atoms with Crippen molar-refractivity contribution >= 4 is 0 Å². The molecule has 1 rings (SSSR count). The van der Waals surface area contributed by atoms with Gasteiger partial charge in [-0.2, -0.15) is 0 Å². The maximum absolute atomic E-state index is 3.58. The fraction of sp³-hybridized carbons (Fsp3) is 1.00. The van der Waals surface area contributed by atoms with Crippen molar-refractivity contribution in [3.05, 3.63) is 0 Å². The lowest BCUT2D eigenvalue weighted by molar-refractivity contribution is 0.266. The summed E-state index contributed by atoms with van der Waals surface area (Å²) in [6.45, 7) is 11.5. The smallest absolute Gasteiger partial charge is 0.0209 e. The van der Waals surface area contributed by atoms with Gasteiger partial charge in [0.1, 0.15) is 0 Å². The van der Waals surface area contributed by atoms with E-state index in [1.54, 1.807) is 0 Å². The molecule has 0 aromatic carbocycles. The van der Waals surface area contributed by atoms with Crippen molar-refractivity contribution < 1.29 is 1.43 Å². The van der Waals surface area contributed by atoms with Gasteiger partial charge in [0.2, 0.25) is 0 Å². The Bertz CT molecular complexity index is 137. The van der Waals surface area contributed by atoms with Gasteiger partial charge in [0.05, 0.1) is 0 Å². The van der Waals surface area contributed by atoms with E-state index >= 15 is 0 Å². The second-order valence-corrected chi connectivity index (χ2v) is 4.40. The minimum absolute atomic E-state index is 0. The van der Waals surface area contributed by atoms with Crippen molar-refractivity contribution in [3.63, 3.8) is 0 Å². The van der Waals surface area contributed by atoms with Crippen LogP contribution < -0.4 is 5.32 Å². The summed E-state index contributed by atoms with van der Waals surface area (Å²) in [4.78, 5) is 2.54. The van der Waals surface area contributed by atoms with Gasteiger partial charge in [-0.15, -0.1) is 0 Å². The van der Waals surface area contributed by atoms with Crippen LogP contribution in [0.15, 0.2) is 0 Å². The summed E-state index contributed by atoms with van der Waals surface area (Å²) in [5, 5.41) is 3.58. The Morgan fingerprint density at radius 1 is 1.33 bits per heavy atom. The molecule has 1 aliphatic rings. The van der Waals surface area contributed by atoms with Gasteiger partial charge in [0.15, 0.2) is 0 Å². The van der Waals surface area contributed by atoms with Crippen molar-refractivity contribution in [2.45, 2.75) is 52.2 Å². The summed E-state index contributed by atoms with van der Waals surface area (Å²) in [5.41, 5.74) is 0. The fourth-order valence-electron chi connectivity index (χ4n) is 1.86. The molecule has 2 heteroatoms. The highest BCUT2D eigenvalue weighted by Gasteiger charge is 2.23. The summed E-state index contributed by atoms with van der Waals surface area (Å²) in [6, 6.07) is 2.07. The normalized spacial score (nSPS) is 26.0. The van der Waals surface area contributed by atoms with Crippen molar-refractivity contribution in [1.82, 2.24) is 10.2 Å². The molecule has 0 unspecified atom stereocenters. The standard InChI is InChI=1S/C10H22N2.H2/c1-8(2)11-10-5-6-12(7-10)9(3)4;/h8-11H,5-7H2,1-4H3;1H/t10-;/m1./s1. The van der Waals surface area contributed by atoms with E-state index in [4.69, 9.17) is 0 Å². The Morgan fingerprint density at radius 2 is 2.00 bits per heavy atom. The van der Waals surface area contributed by atoms with Gasteiger partial charge in [-0.25, -0.2) is 0 Å². The molecule has 1 N–H and O–H groups in total. The molecule has 1 atom stereocenters. The average molecular weight is 172 g/mol. The van der Waals surface area contributed by atoms with Crippen molar-refractivity contribution in [2.75, 3.05) is 13.1 Å². The maximum atomic E-state index is 3.58. The molecule has 0 bridgehead atoms. The van der Waals surface area contributed by atoms with E-state index < -0.39 is 0 Å². The number of nitrogens with one attached hydrogen (secondary N) is 1. The van der Waals surface area contributed by atoms with E-state index in [-0.39, 0.29) is 1.43 Å². The van der Waals surface area contributed by atoms with Gasteiger partial charge in [0.25, 0.3) is 0 Å². The van der Waals surface area contributed by atoms with Crippen LogP contribution in [0.3, 0.4) is 0 Å². The van der Waals surface area contributed by atoms with Gasteiger partial charge >= 0.3 is 0 Å². The lowest BCUT2D eigenvalue weighted by Gasteiger charge is -2.21. The summed E-state index contributed by atoms with van der Waals surface area (Å²) < 4.78 is 0. The van der Waals surface area contributed by atoms with Crippen LogP contribution in [0.5, 0.6) is 0 Å². The lowest BCUT2D eigenvalue weighted by Crippen LogP contribution is -2.38. The van der Waals surface area contributed by atoms with Gasteiger partial charge in [-0.05, 0) is 26.8 Å². The quantitative estimate of drug-likeness (QED) is 0.697. The van der Waals surface area contributed by atoms with E-state index in [0.29, 0.717) is 12.1 Å². The summed E-state index contributed by atoms with van der Waals surface area (Å²) in [7, 11) is 0. The van der Waals surface area contributed by atoms with Crippen LogP contribution in [0.25, 0.3) is 0 Å². The number of likely N-dealkylation sites (tertiary alicyclic amines) is 1. The lowest BCUT2D eigenvalue weighted by atomic mass is 10.2. The third-order valence-electron chi connectivity index (χ3n) is 2.52. The number of rotatable bonds is 3. The zero-order valence-corrected chi connectivity index (χ0v) is 8.80. The molecule has 0 aromatic rings. The molecule has 0 saturated carbocycles. The third-order valence-corrected chi connectivity index (χ3v) is 2.52. The number of hydrogen-bond acceptors (Lipinski definition) is 2. The third kappa shape index (κ3) is 2.76. The number of nitrogens with zero attached hydrogens (tertiary/aromatic N) is 1. The molecule has 0 aliphatic carbocycles. The van der Waals surface area contributed by atoms with Crippen LogP contribution in [-0.4, -0.2) is 36.1 Å². The van der Waals surface area contributed by atoms with E-state index in [0.717, 1.165) is 6.04 Å². The summed E-state index contributed by atoms with van der Waals surface area (Å²) in [6.07, 6.45) is 1.32. The first-order valence-electron chi connectivity index (χ1n) is 5.09. The van der Waals surface area contributed by atoms with Crippen molar-refractivity contribution in [2.24, 2.45) is 0 Å². The second kappa shape index (κ2) is 4.24. The monoisotopic (exact) mass is 172 g/mol. The molecule has 74 valence electrons. The molecule has 12 heavy (non-hydrogen) atoms. The predicted octanol–water partition coefficient (Wildman–Crippen LogP) is 1.71. The first-order valence-corrected chi connectivity index (χ1v) is 5.09. The molecule has 0 radical (unpaired) electrons. The Labute approximate surface area is 77.8 Å². The summed E-state index contributed by atoms with van der Waals surface area (Å²) >= 11 is 0. The molecule has 1 saturated heterocycles. The van der Waals surface area contributed by atoms with Crippen LogP contribution in [0, 0.1) is 0 Å². The molecule has 0 aromatic heterocycles. The Kier molecular flexibility index (Phi) is 3.53. The largest absolute Gasteiger partial charge is 0.310 e. The van der Waals surface area contributed by atoms with Crippen LogP contribution in [-0.2, 0) is 0 Å². The molecular weight excluding hydrogens is 148 g/mol. The van der Waals surface area contributed by atoms with Crippen LogP contribution in [0.1, 0.15) is 35.5 Å². The maximum Gasteiger partial charge on any atom is 0.0209 e. The van der Waals surface area contributed by atoms with Gasteiger partial charge in [0, 0.05) is 26.1 Å². The van der Waals surface area contributed by atoms with Gasteiger partial charge < -0.3 is 5.32 Å². The molecule has 1 fully saturated rings. The van der Waals surface area contributed by atoms with Crippen LogP contribution in [0.4, 0.5) is 0 Å². The molecule has 1 aliphatic heterocycles. The predicted molar refractivity (Wildman–Crippen MR) is 55.5 cm³/mol. The highest BCUT2D eigenvalue weighted by atomic mass is 15.2. The highest BCUT2D eigenvalue weighted by molar-refractivity contribution is 4.83. The Balaban J connectivity index is 0.00000144. The average Bonchev–Trinajstić information content (AvgIpc) is 2.34. The minimum atomic E-state index is 0. The Morgan fingerprint density at radius 3 is 2.42 bits per heavy atom. The van der Waals surface area contributed by atoms with E-state index in [1.165, 1.54) is 19.5 Å². The number of hydrogen-bond donors (Lipinski definition) is 1. The molecule has 0 spiro atoms. The SMILES string of the molecule is CC(C)N[C@@H]1CCN(C(C)C)C1.[HH]. The second-order valence-electron chi connectivity index (χ2n) is 4.40. The Hall–Kier alpha value is -0.0800. The summed E-state index contributed by atoms with van der Waals surface area (Å²) in [5.74, 6) is 0. The van der Waals surface area contributed by atoms with Gasteiger partial charge in [-0.1, -0.05) is 13.8 Å². The zero-order valence-electron chi connectivity index (χ0n) is 8.80. The van der Waals surface area contributed by atoms with E-state index in [9.17, 15) is 0 Å². The highest BCUT2D eigenvalue weighted by Crippen LogP contribution is 2.12. The zero-order chi connectivity index (χ0) is 9.14. The van der Waals surface area contributed by atoms with E-state index in [1.807, 2.05) is 0 Å². The first kappa shape index (κ1) is 10.0. The van der Waals surface area contributed by atoms with Crippen LogP contribution >= 0.6 is 0 Å². The van der Waals surface area contributed by atoms with Crippen molar-refractivity contribution in [3.8, 4) is 0 Å². The van der Waals surface area contributed by atoms with Gasteiger partial charge in [-0.3, -0.25) is 4.90 Å².